The fraction of sp³-hybridized carbons (Fsp3) is 0.500. The maximum atomic E-state index is 13.4. The van der Waals surface area contributed by atoms with Gasteiger partial charge in [-0.25, -0.2) is 8.78 Å². The summed E-state index contributed by atoms with van der Waals surface area (Å²) in [6, 6.07) is 17.1. The van der Waals surface area contributed by atoms with E-state index in [1.807, 2.05) is 12.1 Å². The molecule has 3 rings (SSSR count). The number of hydrogen-bond donors (Lipinski definition) is 0. The van der Waals surface area contributed by atoms with Crippen molar-refractivity contribution in [3.05, 3.63) is 59.7 Å². The molecule has 0 saturated carbocycles. The molecule has 0 nitrogen and oxygen atoms in total. The van der Waals surface area contributed by atoms with Crippen LogP contribution in [-0.2, 0) is 6.42 Å². The minimum absolute atomic E-state index is 0.402. The molecule has 1 saturated heterocycles. The number of aryl methyl sites for hydroxylation is 1. The highest BCUT2D eigenvalue weighted by Gasteiger charge is 2.21. The van der Waals surface area contributed by atoms with Crippen molar-refractivity contribution in [2.45, 2.75) is 70.0 Å². The van der Waals surface area contributed by atoms with Crippen molar-refractivity contribution in [3.63, 3.8) is 0 Å². The third kappa shape index (κ3) is 6.00. The third-order valence-corrected chi connectivity index (χ3v) is 9.75. The summed E-state index contributed by atoms with van der Waals surface area (Å²) < 4.78 is 26.5. The zero-order valence-electron chi connectivity index (χ0n) is 16.5. The normalized spacial score (nSPS) is 20.0. The van der Waals surface area contributed by atoms with Crippen molar-refractivity contribution < 1.29 is 8.78 Å². The molecular formula is C24H32F2Si. The first-order valence-electron chi connectivity index (χ1n) is 10.7. The van der Waals surface area contributed by atoms with Gasteiger partial charge < -0.3 is 0 Å². The number of halogens is 2. The van der Waals surface area contributed by atoms with Gasteiger partial charge in [-0.2, -0.15) is 0 Å². The van der Waals surface area contributed by atoms with Crippen LogP contribution in [0.15, 0.2) is 42.5 Å². The smallest absolute Gasteiger partial charge is 0.159 e. The van der Waals surface area contributed by atoms with Crippen molar-refractivity contribution >= 4 is 8.80 Å². The van der Waals surface area contributed by atoms with Gasteiger partial charge in [0.2, 0.25) is 0 Å². The van der Waals surface area contributed by atoms with Gasteiger partial charge in [0, 0.05) is 8.80 Å². The fourth-order valence-electron chi connectivity index (χ4n) is 4.40. The van der Waals surface area contributed by atoms with E-state index in [1.54, 1.807) is 24.2 Å². The summed E-state index contributed by atoms with van der Waals surface area (Å²) in [6.07, 6.45) is 9.58. The standard InChI is InChI=1S/C24H32F2Si/c1-2-3-4-15-27-16-13-20(14-17-27)6-5-19-7-9-21(10-8-19)22-11-12-23(25)24(26)18-22/h7-12,18,20,27H,2-6,13-17H2,1H3/t20-,27-. The summed E-state index contributed by atoms with van der Waals surface area (Å²) in [6.45, 7) is 2.29. The molecule has 0 N–H and O–H groups in total. The summed E-state index contributed by atoms with van der Waals surface area (Å²) in [5.74, 6) is -0.672. The van der Waals surface area contributed by atoms with Crippen molar-refractivity contribution in [3.8, 4) is 11.1 Å². The van der Waals surface area contributed by atoms with E-state index in [2.05, 4.69) is 19.1 Å². The zero-order chi connectivity index (χ0) is 19.1. The first-order chi connectivity index (χ1) is 13.2. The number of benzene rings is 2. The molecule has 1 aliphatic rings. The van der Waals surface area contributed by atoms with Crippen molar-refractivity contribution in [1.82, 2.24) is 0 Å². The van der Waals surface area contributed by atoms with Crippen LogP contribution in [0.3, 0.4) is 0 Å². The van der Waals surface area contributed by atoms with E-state index in [9.17, 15) is 8.78 Å². The van der Waals surface area contributed by atoms with Crippen LogP contribution in [-0.4, -0.2) is 8.80 Å². The van der Waals surface area contributed by atoms with E-state index in [-0.39, 0.29) is 0 Å². The van der Waals surface area contributed by atoms with Gasteiger partial charge in [-0.3, -0.25) is 0 Å². The summed E-state index contributed by atoms with van der Waals surface area (Å²) in [4.78, 5) is 0. The molecule has 1 aliphatic heterocycles. The second-order valence-electron chi connectivity index (χ2n) is 8.25. The predicted octanol–water partition coefficient (Wildman–Crippen LogP) is 7.39. The Morgan fingerprint density at radius 3 is 2.26 bits per heavy atom. The Morgan fingerprint density at radius 2 is 1.59 bits per heavy atom. The maximum Gasteiger partial charge on any atom is 0.159 e. The highest BCUT2D eigenvalue weighted by molar-refractivity contribution is 6.58. The Morgan fingerprint density at radius 1 is 0.889 bits per heavy atom. The first-order valence-corrected chi connectivity index (χ1v) is 13.1. The SMILES string of the molecule is CCCCC[Si@H]1CC[C@H](CCc2ccc(-c3ccc(F)c(F)c3)cc2)CC1. The van der Waals surface area contributed by atoms with E-state index >= 15 is 0 Å². The zero-order valence-corrected chi connectivity index (χ0v) is 17.7. The Balaban J connectivity index is 1.45. The summed E-state index contributed by atoms with van der Waals surface area (Å²) in [5, 5.41) is 0. The molecule has 0 aliphatic carbocycles. The van der Waals surface area contributed by atoms with Crippen LogP contribution in [0.5, 0.6) is 0 Å². The van der Waals surface area contributed by atoms with Gasteiger partial charge in [0.1, 0.15) is 0 Å². The summed E-state index contributed by atoms with van der Waals surface area (Å²) >= 11 is 0. The lowest BCUT2D eigenvalue weighted by Gasteiger charge is -2.27. The lowest BCUT2D eigenvalue weighted by atomic mass is 9.93. The van der Waals surface area contributed by atoms with E-state index in [4.69, 9.17) is 0 Å². The maximum absolute atomic E-state index is 13.4. The molecule has 3 heteroatoms. The van der Waals surface area contributed by atoms with Gasteiger partial charge in [0.15, 0.2) is 11.6 Å². The molecule has 0 bridgehead atoms. The van der Waals surface area contributed by atoms with Crippen molar-refractivity contribution in [2.24, 2.45) is 5.92 Å². The molecule has 27 heavy (non-hydrogen) atoms. The number of unbranched alkanes of at least 4 members (excludes halogenated alkanes) is 2. The van der Waals surface area contributed by atoms with E-state index in [1.165, 1.54) is 56.2 Å². The lowest BCUT2D eigenvalue weighted by molar-refractivity contribution is 0.437. The van der Waals surface area contributed by atoms with E-state index < -0.39 is 20.4 Å². The third-order valence-electron chi connectivity index (χ3n) is 6.23. The van der Waals surface area contributed by atoms with Crippen LogP contribution < -0.4 is 0 Å². The molecular weight excluding hydrogens is 354 g/mol. The summed E-state index contributed by atoms with van der Waals surface area (Å²) in [5.41, 5.74) is 3.02. The highest BCUT2D eigenvalue weighted by Crippen LogP contribution is 2.31. The van der Waals surface area contributed by atoms with Gasteiger partial charge in [-0.1, -0.05) is 87.5 Å². The quantitative estimate of drug-likeness (QED) is 0.328. The van der Waals surface area contributed by atoms with Gasteiger partial charge in [-0.05, 0) is 47.6 Å². The minimum Gasteiger partial charge on any atom is -0.204 e. The largest absolute Gasteiger partial charge is 0.204 e. The van der Waals surface area contributed by atoms with Gasteiger partial charge in [0.25, 0.3) is 0 Å². The predicted molar refractivity (Wildman–Crippen MR) is 114 cm³/mol. The van der Waals surface area contributed by atoms with Crippen LogP contribution in [0.2, 0.25) is 18.1 Å². The highest BCUT2D eigenvalue weighted by atomic mass is 28.3. The second kappa shape index (κ2) is 10.2. The Labute approximate surface area is 164 Å². The van der Waals surface area contributed by atoms with Crippen molar-refractivity contribution in [2.75, 3.05) is 0 Å². The number of hydrogen-bond acceptors (Lipinski definition) is 0. The monoisotopic (exact) mass is 386 g/mol. The molecule has 2 aromatic rings. The molecule has 2 aromatic carbocycles. The molecule has 0 spiro atoms. The molecule has 1 fully saturated rings. The lowest BCUT2D eigenvalue weighted by Crippen LogP contribution is -2.21. The molecule has 0 radical (unpaired) electrons. The number of rotatable bonds is 8. The topological polar surface area (TPSA) is 0 Å². The molecule has 0 aromatic heterocycles. The van der Waals surface area contributed by atoms with Crippen molar-refractivity contribution in [1.29, 1.82) is 0 Å². The van der Waals surface area contributed by atoms with E-state index in [0.29, 0.717) is 0 Å². The Kier molecular flexibility index (Phi) is 7.63. The fourth-order valence-corrected chi connectivity index (χ4v) is 8.02. The Bertz CT molecular complexity index is 703. The van der Waals surface area contributed by atoms with Gasteiger partial charge in [0.05, 0.1) is 0 Å². The minimum atomic E-state index is -0.793. The summed E-state index contributed by atoms with van der Waals surface area (Å²) in [7, 11) is -0.402. The van der Waals surface area contributed by atoms with Gasteiger partial charge >= 0.3 is 0 Å². The van der Waals surface area contributed by atoms with Crippen LogP contribution in [0, 0.1) is 17.6 Å². The average Bonchev–Trinajstić information content (AvgIpc) is 2.70. The molecule has 146 valence electrons. The average molecular weight is 387 g/mol. The molecule has 0 unspecified atom stereocenters. The van der Waals surface area contributed by atoms with E-state index in [0.717, 1.165) is 23.5 Å². The van der Waals surface area contributed by atoms with Crippen LogP contribution >= 0.6 is 0 Å². The molecule has 0 amide bonds. The first kappa shape index (κ1) is 20.3. The van der Waals surface area contributed by atoms with Gasteiger partial charge in [-0.15, -0.1) is 0 Å². The molecule has 1 heterocycles. The second-order valence-corrected chi connectivity index (χ2v) is 11.7. The van der Waals surface area contributed by atoms with Crippen LogP contribution in [0.4, 0.5) is 8.78 Å². The molecule has 0 atom stereocenters. The Hall–Kier alpha value is -1.48. The van der Waals surface area contributed by atoms with Crippen LogP contribution in [0.1, 0.15) is 51.0 Å². The van der Waals surface area contributed by atoms with Crippen LogP contribution in [0.25, 0.3) is 11.1 Å².